The molecule has 4 rings (SSSR count). The first-order valence-corrected chi connectivity index (χ1v) is 8.94. The van der Waals surface area contributed by atoms with Crippen molar-refractivity contribution in [3.63, 3.8) is 0 Å². The number of carbonyl (C=O) groups excluding carboxylic acids is 1. The van der Waals surface area contributed by atoms with Crippen molar-refractivity contribution >= 4 is 11.6 Å². The SMILES string of the molecule is O=C(CC1CC1)N1CCN(c2cnccc2-c2ccccc2F)CC1. The molecule has 1 aromatic carbocycles. The zero-order valence-corrected chi connectivity index (χ0v) is 14.2. The van der Waals surface area contributed by atoms with Crippen molar-refractivity contribution in [2.24, 2.45) is 5.92 Å². The molecule has 0 spiro atoms. The van der Waals surface area contributed by atoms with Gasteiger partial charge in [-0.1, -0.05) is 18.2 Å². The molecule has 1 saturated carbocycles. The van der Waals surface area contributed by atoms with E-state index in [4.69, 9.17) is 0 Å². The van der Waals surface area contributed by atoms with Crippen molar-refractivity contribution in [2.75, 3.05) is 31.1 Å². The van der Waals surface area contributed by atoms with Crippen molar-refractivity contribution < 1.29 is 9.18 Å². The molecular formula is C20H22FN3O. The third-order valence-electron chi connectivity index (χ3n) is 5.10. The van der Waals surface area contributed by atoms with E-state index in [0.29, 0.717) is 17.9 Å². The Bertz CT molecular complexity index is 767. The number of aromatic nitrogens is 1. The van der Waals surface area contributed by atoms with Gasteiger partial charge in [-0.25, -0.2) is 4.39 Å². The van der Waals surface area contributed by atoms with E-state index >= 15 is 0 Å². The van der Waals surface area contributed by atoms with Crippen LogP contribution in [0.4, 0.5) is 10.1 Å². The molecule has 1 amide bonds. The fourth-order valence-corrected chi connectivity index (χ4v) is 3.44. The quantitative estimate of drug-likeness (QED) is 0.857. The Kier molecular flexibility index (Phi) is 4.38. The molecule has 1 saturated heterocycles. The third-order valence-corrected chi connectivity index (χ3v) is 5.10. The van der Waals surface area contributed by atoms with Gasteiger partial charge < -0.3 is 9.80 Å². The first-order valence-electron chi connectivity index (χ1n) is 8.94. The first-order chi connectivity index (χ1) is 12.2. The second-order valence-corrected chi connectivity index (χ2v) is 6.89. The summed E-state index contributed by atoms with van der Waals surface area (Å²) in [6.45, 7) is 2.95. The Hall–Kier alpha value is -2.43. The van der Waals surface area contributed by atoms with E-state index in [2.05, 4.69) is 9.88 Å². The number of nitrogens with zero attached hydrogens (tertiary/aromatic N) is 3. The molecule has 2 heterocycles. The molecule has 0 bridgehead atoms. The van der Waals surface area contributed by atoms with E-state index in [1.165, 1.54) is 18.9 Å². The number of hydrogen-bond acceptors (Lipinski definition) is 3. The Balaban J connectivity index is 1.50. The highest BCUT2D eigenvalue weighted by molar-refractivity contribution is 5.79. The van der Waals surface area contributed by atoms with Crippen LogP contribution in [0.15, 0.2) is 42.7 Å². The smallest absolute Gasteiger partial charge is 0.222 e. The molecular weight excluding hydrogens is 317 g/mol. The summed E-state index contributed by atoms with van der Waals surface area (Å²) < 4.78 is 14.2. The van der Waals surface area contributed by atoms with Gasteiger partial charge in [0.15, 0.2) is 0 Å². The summed E-state index contributed by atoms with van der Waals surface area (Å²) in [7, 11) is 0. The van der Waals surface area contributed by atoms with Crippen molar-refractivity contribution in [3.8, 4) is 11.1 Å². The predicted molar refractivity (Wildman–Crippen MR) is 95.8 cm³/mol. The lowest BCUT2D eigenvalue weighted by Crippen LogP contribution is -2.49. The predicted octanol–water partition coefficient (Wildman–Crippen LogP) is 3.34. The number of halogens is 1. The molecule has 130 valence electrons. The largest absolute Gasteiger partial charge is 0.366 e. The van der Waals surface area contributed by atoms with Crippen LogP contribution in [0, 0.1) is 11.7 Å². The molecule has 2 aromatic rings. The molecule has 0 atom stereocenters. The highest BCUT2D eigenvalue weighted by Crippen LogP contribution is 2.34. The van der Waals surface area contributed by atoms with Crippen LogP contribution < -0.4 is 4.90 Å². The Morgan fingerprint density at radius 1 is 1.08 bits per heavy atom. The van der Waals surface area contributed by atoms with Crippen LogP contribution in [-0.2, 0) is 4.79 Å². The number of anilines is 1. The van der Waals surface area contributed by atoms with Crippen LogP contribution in [0.5, 0.6) is 0 Å². The fourth-order valence-electron chi connectivity index (χ4n) is 3.44. The average Bonchev–Trinajstić information content (AvgIpc) is 3.46. The van der Waals surface area contributed by atoms with Crippen molar-refractivity contribution in [3.05, 3.63) is 48.5 Å². The monoisotopic (exact) mass is 339 g/mol. The highest BCUT2D eigenvalue weighted by Gasteiger charge is 2.29. The highest BCUT2D eigenvalue weighted by atomic mass is 19.1. The second kappa shape index (κ2) is 6.82. The normalized spacial score (nSPS) is 17.6. The van der Waals surface area contributed by atoms with Crippen LogP contribution in [0.25, 0.3) is 11.1 Å². The number of carbonyl (C=O) groups is 1. The minimum Gasteiger partial charge on any atom is -0.366 e. The lowest BCUT2D eigenvalue weighted by molar-refractivity contribution is -0.131. The number of pyridine rings is 1. The van der Waals surface area contributed by atoms with Gasteiger partial charge in [-0.2, -0.15) is 0 Å². The van der Waals surface area contributed by atoms with Gasteiger partial charge in [-0.15, -0.1) is 0 Å². The maximum atomic E-state index is 14.2. The molecule has 4 nitrogen and oxygen atoms in total. The number of piperazine rings is 1. The lowest BCUT2D eigenvalue weighted by atomic mass is 10.0. The molecule has 1 aliphatic carbocycles. The van der Waals surface area contributed by atoms with E-state index in [1.54, 1.807) is 24.5 Å². The topological polar surface area (TPSA) is 36.4 Å². The zero-order chi connectivity index (χ0) is 17.2. The van der Waals surface area contributed by atoms with Crippen LogP contribution in [-0.4, -0.2) is 42.0 Å². The van der Waals surface area contributed by atoms with E-state index < -0.39 is 0 Å². The molecule has 1 aliphatic heterocycles. The molecule has 1 aromatic heterocycles. The Labute approximate surface area is 147 Å². The minimum atomic E-state index is -0.229. The summed E-state index contributed by atoms with van der Waals surface area (Å²) >= 11 is 0. The molecule has 0 unspecified atom stereocenters. The van der Waals surface area contributed by atoms with Crippen molar-refractivity contribution in [1.82, 2.24) is 9.88 Å². The minimum absolute atomic E-state index is 0.229. The standard InChI is InChI=1S/C20H22FN3O/c21-18-4-2-1-3-16(18)17-7-8-22-14-19(17)23-9-11-24(12-10-23)20(25)13-15-5-6-15/h1-4,7-8,14-15H,5-6,9-13H2. The van der Waals surface area contributed by atoms with Gasteiger partial charge in [0, 0.05) is 49.9 Å². The summed E-state index contributed by atoms with van der Waals surface area (Å²) in [5, 5.41) is 0. The molecule has 2 aliphatic rings. The number of rotatable bonds is 4. The molecule has 0 radical (unpaired) electrons. The summed E-state index contributed by atoms with van der Waals surface area (Å²) in [6.07, 6.45) is 6.60. The summed E-state index contributed by atoms with van der Waals surface area (Å²) in [5.41, 5.74) is 2.37. The van der Waals surface area contributed by atoms with Crippen molar-refractivity contribution in [1.29, 1.82) is 0 Å². The number of amides is 1. The van der Waals surface area contributed by atoms with Gasteiger partial charge >= 0.3 is 0 Å². The van der Waals surface area contributed by atoms with Gasteiger partial charge in [0.1, 0.15) is 5.82 Å². The lowest BCUT2D eigenvalue weighted by Gasteiger charge is -2.37. The second-order valence-electron chi connectivity index (χ2n) is 6.89. The first kappa shape index (κ1) is 16.1. The van der Waals surface area contributed by atoms with Gasteiger partial charge in [0.05, 0.1) is 11.9 Å². The van der Waals surface area contributed by atoms with Gasteiger partial charge in [0.25, 0.3) is 0 Å². The Morgan fingerprint density at radius 3 is 2.56 bits per heavy atom. The Morgan fingerprint density at radius 2 is 1.84 bits per heavy atom. The average molecular weight is 339 g/mol. The maximum absolute atomic E-state index is 14.2. The molecule has 5 heteroatoms. The summed E-state index contributed by atoms with van der Waals surface area (Å²) in [6, 6.07) is 8.68. The number of benzene rings is 1. The van der Waals surface area contributed by atoms with Gasteiger partial charge in [0.2, 0.25) is 5.91 Å². The van der Waals surface area contributed by atoms with Crippen LogP contribution in [0.3, 0.4) is 0 Å². The van der Waals surface area contributed by atoms with Crippen molar-refractivity contribution in [2.45, 2.75) is 19.3 Å². The molecule has 25 heavy (non-hydrogen) atoms. The molecule has 2 fully saturated rings. The van der Waals surface area contributed by atoms with Crippen LogP contribution >= 0.6 is 0 Å². The van der Waals surface area contributed by atoms with Crippen LogP contribution in [0.1, 0.15) is 19.3 Å². The fraction of sp³-hybridized carbons (Fsp3) is 0.400. The van der Waals surface area contributed by atoms with E-state index in [0.717, 1.165) is 37.4 Å². The van der Waals surface area contributed by atoms with E-state index in [9.17, 15) is 9.18 Å². The molecule has 0 N–H and O–H groups in total. The summed E-state index contributed by atoms with van der Waals surface area (Å²) in [5.74, 6) is 0.673. The van der Waals surface area contributed by atoms with E-state index in [1.807, 2.05) is 17.0 Å². The summed E-state index contributed by atoms with van der Waals surface area (Å²) in [4.78, 5) is 20.7. The third kappa shape index (κ3) is 3.50. The van der Waals surface area contributed by atoms with Gasteiger partial charge in [-0.3, -0.25) is 9.78 Å². The maximum Gasteiger partial charge on any atom is 0.222 e. The van der Waals surface area contributed by atoms with E-state index in [-0.39, 0.29) is 11.7 Å². The zero-order valence-electron chi connectivity index (χ0n) is 14.2. The van der Waals surface area contributed by atoms with Gasteiger partial charge in [-0.05, 0) is 30.9 Å². The number of hydrogen-bond donors (Lipinski definition) is 0. The van der Waals surface area contributed by atoms with Crippen LogP contribution in [0.2, 0.25) is 0 Å².